The van der Waals surface area contributed by atoms with Gasteiger partial charge in [0.1, 0.15) is 0 Å². The van der Waals surface area contributed by atoms with E-state index in [9.17, 15) is 26.4 Å². The molecule has 0 saturated heterocycles. The number of benzene rings is 2. The molecular formula is C21H15F3N4O3S. The number of nitrogens with one attached hydrogen (secondary N) is 1. The normalized spacial score (nSPS) is 12.1. The van der Waals surface area contributed by atoms with E-state index in [0.717, 1.165) is 18.2 Å². The fraction of sp³-hybridized carbons (Fsp3) is 0.0952. The molecule has 0 bridgehead atoms. The SMILES string of the molecule is O=C(NCc1ccc(S(=O)(=O)c2ccccc2C(F)(F)F)cc1)c1cnc2nccn2c1. The molecular weight excluding hydrogens is 445 g/mol. The first-order valence-electron chi connectivity index (χ1n) is 9.23. The van der Waals surface area contributed by atoms with Gasteiger partial charge in [0, 0.05) is 31.3 Å². The predicted molar refractivity (Wildman–Crippen MR) is 107 cm³/mol. The summed E-state index contributed by atoms with van der Waals surface area (Å²) < 4.78 is 66.8. The van der Waals surface area contributed by atoms with Crippen LogP contribution in [0, 0.1) is 0 Å². The van der Waals surface area contributed by atoms with Crippen molar-refractivity contribution in [1.82, 2.24) is 19.7 Å². The first-order valence-corrected chi connectivity index (χ1v) is 10.7. The van der Waals surface area contributed by atoms with Crippen molar-refractivity contribution in [3.63, 3.8) is 0 Å². The lowest BCUT2D eigenvalue weighted by atomic mass is 10.2. The van der Waals surface area contributed by atoms with Crippen LogP contribution in [0.3, 0.4) is 0 Å². The predicted octanol–water partition coefficient (Wildman–Crippen LogP) is 3.51. The number of aromatic nitrogens is 3. The molecule has 4 aromatic rings. The Bertz CT molecular complexity index is 1400. The third kappa shape index (κ3) is 4.19. The Balaban J connectivity index is 1.50. The Kier molecular flexibility index (Phi) is 5.43. The molecule has 2 aromatic carbocycles. The van der Waals surface area contributed by atoms with Crippen LogP contribution in [0.25, 0.3) is 5.78 Å². The molecule has 164 valence electrons. The molecule has 1 N–H and O–H groups in total. The summed E-state index contributed by atoms with van der Waals surface area (Å²) in [6, 6.07) is 9.31. The van der Waals surface area contributed by atoms with E-state index in [1.807, 2.05) is 0 Å². The summed E-state index contributed by atoms with van der Waals surface area (Å²) in [7, 11) is -4.38. The minimum Gasteiger partial charge on any atom is -0.348 e. The molecule has 0 radical (unpaired) electrons. The van der Waals surface area contributed by atoms with Gasteiger partial charge < -0.3 is 5.32 Å². The molecule has 0 aliphatic heterocycles. The number of nitrogens with zero attached hydrogens (tertiary/aromatic N) is 3. The highest BCUT2D eigenvalue weighted by molar-refractivity contribution is 7.91. The number of hydrogen-bond donors (Lipinski definition) is 1. The highest BCUT2D eigenvalue weighted by Crippen LogP contribution is 2.36. The molecule has 32 heavy (non-hydrogen) atoms. The number of rotatable bonds is 5. The van der Waals surface area contributed by atoms with Crippen molar-refractivity contribution in [2.45, 2.75) is 22.5 Å². The van der Waals surface area contributed by atoms with E-state index in [2.05, 4.69) is 15.3 Å². The number of carbonyl (C=O) groups excluding carboxylic acids is 1. The Morgan fingerprint density at radius 1 is 1.03 bits per heavy atom. The summed E-state index contributed by atoms with van der Waals surface area (Å²) in [6.07, 6.45) is 1.34. The number of imidazole rings is 1. The summed E-state index contributed by atoms with van der Waals surface area (Å²) in [4.78, 5) is 19.3. The number of carbonyl (C=O) groups is 1. The van der Waals surface area contributed by atoms with Gasteiger partial charge >= 0.3 is 6.18 Å². The molecule has 0 atom stereocenters. The van der Waals surface area contributed by atoms with Crippen LogP contribution in [0.15, 0.2) is 83.1 Å². The molecule has 0 fully saturated rings. The third-order valence-electron chi connectivity index (χ3n) is 4.68. The molecule has 2 heterocycles. The number of alkyl halides is 3. The number of halogens is 3. The first-order chi connectivity index (χ1) is 15.2. The molecule has 0 spiro atoms. The van der Waals surface area contributed by atoms with Crippen LogP contribution >= 0.6 is 0 Å². The van der Waals surface area contributed by atoms with Gasteiger partial charge in [0.05, 0.1) is 20.9 Å². The average molecular weight is 460 g/mol. The molecule has 0 unspecified atom stereocenters. The zero-order valence-corrected chi connectivity index (χ0v) is 17.1. The van der Waals surface area contributed by atoms with Crippen LogP contribution in [-0.2, 0) is 22.6 Å². The zero-order valence-electron chi connectivity index (χ0n) is 16.2. The van der Waals surface area contributed by atoms with E-state index in [1.165, 1.54) is 36.5 Å². The molecule has 2 aromatic heterocycles. The van der Waals surface area contributed by atoms with E-state index in [4.69, 9.17) is 0 Å². The second-order valence-corrected chi connectivity index (χ2v) is 8.72. The number of fused-ring (bicyclic) bond motifs is 1. The molecule has 7 nitrogen and oxygen atoms in total. The van der Waals surface area contributed by atoms with Crippen LogP contribution in [0.1, 0.15) is 21.5 Å². The second kappa shape index (κ2) is 8.08. The molecule has 0 aliphatic carbocycles. The van der Waals surface area contributed by atoms with Crippen molar-refractivity contribution in [1.29, 1.82) is 0 Å². The van der Waals surface area contributed by atoms with Gasteiger partial charge in [-0.2, -0.15) is 13.2 Å². The number of sulfone groups is 1. The maximum absolute atomic E-state index is 13.2. The lowest BCUT2D eigenvalue weighted by Gasteiger charge is -2.13. The lowest BCUT2D eigenvalue weighted by molar-refractivity contribution is -0.139. The van der Waals surface area contributed by atoms with E-state index in [0.29, 0.717) is 16.9 Å². The lowest BCUT2D eigenvalue weighted by Crippen LogP contribution is -2.23. The van der Waals surface area contributed by atoms with E-state index >= 15 is 0 Å². The Morgan fingerprint density at radius 2 is 1.75 bits per heavy atom. The minimum atomic E-state index is -4.80. The van der Waals surface area contributed by atoms with Crippen molar-refractivity contribution in [3.05, 3.63) is 90.0 Å². The zero-order chi connectivity index (χ0) is 22.9. The summed E-state index contributed by atoms with van der Waals surface area (Å²) in [5, 5.41) is 2.68. The highest BCUT2D eigenvalue weighted by Gasteiger charge is 2.37. The largest absolute Gasteiger partial charge is 0.417 e. The minimum absolute atomic E-state index is 0.0836. The standard InChI is InChI=1S/C21H15F3N4O3S/c22-21(23,24)17-3-1-2-4-18(17)32(30,31)16-7-5-14(6-8-16)11-26-19(29)15-12-27-20-25-9-10-28(20)13-15/h1-10,12-13H,11H2,(H,26,29). The summed E-state index contributed by atoms with van der Waals surface area (Å²) >= 11 is 0. The monoisotopic (exact) mass is 460 g/mol. The smallest absolute Gasteiger partial charge is 0.348 e. The van der Waals surface area contributed by atoms with E-state index in [1.54, 1.807) is 23.0 Å². The summed E-state index contributed by atoms with van der Waals surface area (Å²) in [5.41, 5.74) is -0.351. The molecule has 0 aliphatic rings. The van der Waals surface area contributed by atoms with Gasteiger partial charge in [-0.1, -0.05) is 24.3 Å². The summed E-state index contributed by atoms with van der Waals surface area (Å²) in [6.45, 7) is 0.0836. The highest BCUT2D eigenvalue weighted by atomic mass is 32.2. The second-order valence-electron chi connectivity index (χ2n) is 6.80. The number of hydrogen-bond acceptors (Lipinski definition) is 5. The van der Waals surface area contributed by atoms with Crippen LogP contribution < -0.4 is 5.32 Å². The molecule has 4 rings (SSSR count). The van der Waals surface area contributed by atoms with Crippen LogP contribution in [0.4, 0.5) is 13.2 Å². The van der Waals surface area contributed by atoms with Gasteiger partial charge in [0.25, 0.3) is 5.91 Å². The molecule has 0 saturated carbocycles. The topological polar surface area (TPSA) is 93.4 Å². The fourth-order valence-corrected chi connectivity index (χ4v) is 4.55. The van der Waals surface area contributed by atoms with Gasteiger partial charge in [-0.15, -0.1) is 0 Å². The average Bonchev–Trinajstić information content (AvgIpc) is 3.25. The molecule has 11 heteroatoms. The maximum Gasteiger partial charge on any atom is 0.417 e. The Morgan fingerprint density at radius 3 is 2.47 bits per heavy atom. The quantitative estimate of drug-likeness (QED) is 0.492. The van der Waals surface area contributed by atoms with Crippen molar-refractivity contribution >= 4 is 21.5 Å². The van der Waals surface area contributed by atoms with Gasteiger partial charge in [0.15, 0.2) is 0 Å². The third-order valence-corrected chi connectivity index (χ3v) is 6.50. The molecule has 1 amide bonds. The first kappa shape index (κ1) is 21.5. The fourth-order valence-electron chi connectivity index (χ4n) is 3.07. The van der Waals surface area contributed by atoms with Crippen molar-refractivity contribution in [3.8, 4) is 0 Å². The summed E-state index contributed by atoms with van der Waals surface area (Å²) in [5.74, 6) is 0.0503. The van der Waals surface area contributed by atoms with Gasteiger partial charge in [0.2, 0.25) is 15.6 Å². The van der Waals surface area contributed by atoms with Crippen molar-refractivity contribution in [2.24, 2.45) is 0 Å². The van der Waals surface area contributed by atoms with Crippen LogP contribution in [-0.4, -0.2) is 28.7 Å². The van der Waals surface area contributed by atoms with Crippen molar-refractivity contribution in [2.75, 3.05) is 0 Å². The van der Waals surface area contributed by atoms with E-state index in [-0.39, 0.29) is 11.4 Å². The maximum atomic E-state index is 13.2. The van der Waals surface area contributed by atoms with Crippen LogP contribution in [0.2, 0.25) is 0 Å². The Labute approximate surface area is 180 Å². The Hall–Kier alpha value is -3.73. The van der Waals surface area contributed by atoms with Gasteiger partial charge in [-0.05, 0) is 29.8 Å². The van der Waals surface area contributed by atoms with E-state index < -0.39 is 32.4 Å². The van der Waals surface area contributed by atoms with Gasteiger partial charge in [-0.25, -0.2) is 18.4 Å². The van der Waals surface area contributed by atoms with Crippen molar-refractivity contribution < 1.29 is 26.4 Å². The number of amides is 1. The van der Waals surface area contributed by atoms with Gasteiger partial charge in [-0.3, -0.25) is 9.20 Å². The van der Waals surface area contributed by atoms with Crippen LogP contribution in [0.5, 0.6) is 0 Å².